The first-order chi connectivity index (χ1) is 7.98. The SMILES string of the molecule is COc1c(C(F)F)cc(F)cc1C1(N)CCC1. The predicted octanol–water partition coefficient (Wildman–Crippen LogP) is 3.11. The van der Waals surface area contributed by atoms with Gasteiger partial charge in [-0.3, -0.25) is 0 Å². The van der Waals surface area contributed by atoms with Gasteiger partial charge in [0.15, 0.2) is 0 Å². The lowest BCUT2D eigenvalue weighted by atomic mass is 9.72. The van der Waals surface area contributed by atoms with Crippen LogP contribution in [-0.2, 0) is 5.54 Å². The van der Waals surface area contributed by atoms with Gasteiger partial charge in [-0.2, -0.15) is 0 Å². The van der Waals surface area contributed by atoms with Crippen molar-refractivity contribution in [2.24, 2.45) is 5.73 Å². The summed E-state index contributed by atoms with van der Waals surface area (Å²) in [5, 5.41) is 0. The van der Waals surface area contributed by atoms with Gasteiger partial charge in [0, 0.05) is 11.1 Å². The molecule has 0 heterocycles. The summed E-state index contributed by atoms with van der Waals surface area (Å²) in [6, 6.07) is 2.00. The third kappa shape index (κ3) is 1.99. The summed E-state index contributed by atoms with van der Waals surface area (Å²) in [6.07, 6.45) is -0.534. The van der Waals surface area contributed by atoms with E-state index in [0.29, 0.717) is 18.4 Å². The number of ether oxygens (including phenoxy) is 1. The summed E-state index contributed by atoms with van der Waals surface area (Å²) in [7, 11) is 1.30. The summed E-state index contributed by atoms with van der Waals surface area (Å²) in [6.45, 7) is 0. The summed E-state index contributed by atoms with van der Waals surface area (Å²) in [5.74, 6) is -0.684. The lowest BCUT2D eigenvalue weighted by molar-refractivity contribution is 0.145. The molecule has 1 aliphatic carbocycles. The van der Waals surface area contributed by atoms with Crippen LogP contribution < -0.4 is 10.5 Å². The molecule has 0 atom stereocenters. The third-order valence-corrected chi connectivity index (χ3v) is 3.30. The molecule has 1 aromatic carbocycles. The number of rotatable bonds is 3. The van der Waals surface area contributed by atoms with Crippen LogP contribution in [0.1, 0.15) is 36.8 Å². The summed E-state index contributed by atoms with van der Waals surface area (Å²) in [4.78, 5) is 0. The first-order valence-electron chi connectivity index (χ1n) is 5.43. The largest absolute Gasteiger partial charge is 0.496 e. The van der Waals surface area contributed by atoms with Crippen molar-refractivity contribution in [3.05, 3.63) is 29.1 Å². The summed E-state index contributed by atoms with van der Waals surface area (Å²) >= 11 is 0. The van der Waals surface area contributed by atoms with E-state index in [0.717, 1.165) is 12.5 Å². The fourth-order valence-electron chi connectivity index (χ4n) is 2.20. The molecule has 5 heteroatoms. The number of benzene rings is 1. The molecule has 0 radical (unpaired) electrons. The van der Waals surface area contributed by atoms with Gasteiger partial charge in [-0.1, -0.05) is 0 Å². The molecular weight excluding hydrogens is 231 g/mol. The number of hydrogen-bond acceptors (Lipinski definition) is 2. The second kappa shape index (κ2) is 4.22. The van der Waals surface area contributed by atoms with Crippen LogP contribution in [0.3, 0.4) is 0 Å². The van der Waals surface area contributed by atoms with Crippen LogP contribution in [0.5, 0.6) is 5.75 Å². The van der Waals surface area contributed by atoms with Crippen molar-refractivity contribution in [2.45, 2.75) is 31.2 Å². The molecule has 94 valence electrons. The Hall–Kier alpha value is -1.23. The average molecular weight is 245 g/mol. The molecule has 1 aromatic rings. The fourth-order valence-corrected chi connectivity index (χ4v) is 2.20. The zero-order valence-corrected chi connectivity index (χ0v) is 9.47. The highest BCUT2D eigenvalue weighted by atomic mass is 19.3. The van der Waals surface area contributed by atoms with Gasteiger partial charge in [-0.05, 0) is 31.4 Å². The van der Waals surface area contributed by atoms with E-state index < -0.39 is 23.3 Å². The van der Waals surface area contributed by atoms with Gasteiger partial charge in [0.2, 0.25) is 0 Å². The molecule has 0 saturated heterocycles. The van der Waals surface area contributed by atoms with Crippen molar-refractivity contribution < 1.29 is 17.9 Å². The summed E-state index contributed by atoms with van der Waals surface area (Å²) < 4.78 is 43.9. The molecule has 0 bridgehead atoms. The lowest BCUT2D eigenvalue weighted by Crippen LogP contribution is -2.43. The molecule has 1 aliphatic rings. The average Bonchev–Trinajstić information content (AvgIpc) is 2.24. The van der Waals surface area contributed by atoms with E-state index in [9.17, 15) is 13.2 Å². The van der Waals surface area contributed by atoms with Gasteiger partial charge < -0.3 is 10.5 Å². The Labute approximate surface area is 97.6 Å². The van der Waals surface area contributed by atoms with Crippen molar-refractivity contribution in [1.29, 1.82) is 0 Å². The van der Waals surface area contributed by atoms with E-state index in [1.807, 2.05) is 0 Å². The molecule has 1 saturated carbocycles. The molecule has 0 aromatic heterocycles. The number of halogens is 3. The maximum Gasteiger partial charge on any atom is 0.267 e. The first-order valence-corrected chi connectivity index (χ1v) is 5.43. The van der Waals surface area contributed by atoms with Gasteiger partial charge >= 0.3 is 0 Å². The monoisotopic (exact) mass is 245 g/mol. The van der Waals surface area contributed by atoms with E-state index in [1.54, 1.807) is 0 Å². The second-order valence-corrected chi connectivity index (χ2v) is 4.39. The van der Waals surface area contributed by atoms with Gasteiger partial charge in [0.05, 0.1) is 12.7 Å². The highest BCUT2D eigenvalue weighted by Crippen LogP contribution is 2.45. The molecule has 2 N–H and O–H groups in total. The zero-order valence-electron chi connectivity index (χ0n) is 9.47. The number of alkyl halides is 2. The van der Waals surface area contributed by atoms with Crippen molar-refractivity contribution in [3.63, 3.8) is 0 Å². The molecule has 1 fully saturated rings. The minimum atomic E-state index is -2.77. The maximum absolute atomic E-state index is 13.4. The van der Waals surface area contributed by atoms with E-state index in [4.69, 9.17) is 10.5 Å². The molecular formula is C12H14F3NO. The van der Waals surface area contributed by atoms with Crippen LogP contribution in [0, 0.1) is 5.82 Å². The van der Waals surface area contributed by atoms with Gasteiger partial charge in [0.25, 0.3) is 6.43 Å². The molecule has 0 amide bonds. The maximum atomic E-state index is 13.4. The standard InChI is InChI=1S/C12H14F3NO/c1-17-10-8(11(14)15)5-7(13)6-9(10)12(16)3-2-4-12/h5-6,11H,2-4,16H2,1H3. The summed E-state index contributed by atoms with van der Waals surface area (Å²) in [5.41, 5.74) is 5.24. The molecule has 17 heavy (non-hydrogen) atoms. The van der Waals surface area contributed by atoms with E-state index in [1.165, 1.54) is 13.2 Å². The fraction of sp³-hybridized carbons (Fsp3) is 0.500. The molecule has 2 nitrogen and oxygen atoms in total. The van der Waals surface area contributed by atoms with Crippen molar-refractivity contribution in [3.8, 4) is 5.75 Å². The quantitative estimate of drug-likeness (QED) is 0.888. The molecule has 0 aliphatic heterocycles. The van der Waals surface area contributed by atoms with Gasteiger partial charge in [0.1, 0.15) is 11.6 Å². The highest BCUT2D eigenvalue weighted by Gasteiger charge is 2.38. The van der Waals surface area contributed by atoms with Gasteiger partial charge in [-0.15, -0.1) is 0 Å². The Bertz CT molecular complexity index is 430. The number of methoxy groups -OCH3 is 1. The normalized spacial score (nSPS) is 18.0. The van der Waals surface area contributed by atoms with E-state index in [2.05, 4.69) is 0 Å². The van der Waals surface area contributed by atoms with Crippen LogP contribution in [0.25, 0.3) is 0 Å². The Morgan fingerprint density at radius 2 is 2.00 bits per heavy atom. The highest BCUT2D eigenvalue weighted by molar-refractivity contribution is 5.47. The number of nitrogens with two attached hydrogens (primary N) is 1. The molecule has 0 unspecified atom stereocenters. The Morgan fingerprint density at radius 3 is 2.41 bits per heavy atom. The van der Waals surface area contributed by atoms with Crippen LogP contribution in [0.2, 0.25) is 0 Å². The topological polar surface area (TPSA) is 35.2 Å². The Morgan fingerprint density at radius 1 is 1.35 bits per heavy atom. The smallest absolute Gasteiger partial charge is 0.267 e. The number of hydrogen-bond donors (Lipinski definition) is 1. The van der Waals surface area contributed by atoms with Gasteiger partial charge in [-0.25, -0.2) is 13.2 Å². The van der Waals surface area contributed by atoms with Crippen molar-refractivity contribution in [1.82, 2.24) is 0 Å². The Kier molecular flexibility index (Phi) is 3.03. The van der Waals surface area contributed by atoms with Crippen molar-refractivity contribution in [2.75, 3.05) is 7.11 Å². The van der Waals surface area contributed by atoms with E-state index >= 15 is 0 Å². The minimum absolute atomic E-state index is 0.0172. The van der Waals surface area contributed by atoms with Crippen LogP contribution >= 0.6 is 0 Å². The van der Waals surface area contributed by atoms with Crippen LogP contribution in [0.15, 0.2) is 12.1 Å². The van der Waals surface area contributed by atoms with Crippen LogP contribution in [0.4, 0.5) is 13.2 Å². The lowest BCUT2D eigenvalue weighted by Gasteiger charge is -2.39. The third-order valence-electron chi connectivity index (χ3n) is 3.30. The first kappa shape index (κ1) is 12.2. The second-order valence-electron chi connectivity index (χ2n) is 4.39. The van der Waals surface area contributed by atoms with Crippen molar-refractivity contribution >= 4 is 0 Å². The van der Waals surface area contributed by atoms with Crippen LogP contribution in [-0.4, -0.2) is 7.11 Å². The Balaban J connectivity index is 2.57. The van der Waals surface area contributed by atoms with E-state index in [-0.39, 0.29) is 5.75 Å². The zero-order chi connectivity index (χ0) is 12.6. The molecule has 2 rings (SSSR count). The minimum Gasteiger partial charge on any atom is -0.496 e. The molecule has 0 spiro atoms. The predicted molar refractivity (Wildman–Crippen MR) is 57.6 cm³/mol.